The number of hydrogen-bond acceptors (Lipinski definition) is 3. The van der Waals surface area contributed by atoms with E-state index in [1.807, 2.05) is 92.6 Å². The van der Waals surface area contributed by atoms with Gasteiger partial charge in [-0.3, -0.25) is 14.1 Å². The van der Waals surface area contributed by atoms with Crippen LogP contribution in [0.15, 0.2) is 116 Å². The number of nitrogens with zero attached hydrogens (tertiary/aromatic N) is 5. The maximum absolute atomic E-state index is 9.04. The Balaban J connectivity index is 0.00000465. The summed E-state index contributed by atoms with van der Waals surface area (Å²) in [5.74, 6) is -0.122. The van der Waals surface area contributed by atoms with E-state index in [0.29, 0.717) is 34.2 Å². The van der Waals surface area contributed by atoms with Crippen LogP contribution >= 0.6 is 0 Å². The summed E-state index contributed by atoms with van der Waals surface area (Å²) < 4.78 is 47.2. The zero-order valence-corrected chi connectivity index (χ0v) is 31.1. The van der Waals surface area contributed by atoms with E-state index in [2.05, 4.69) is 48.3 Å². The number of hydrogen-bond donors (Lipinski definition) is 0. The molecule has 0 radical (unpaired) electrons. The predicted molar refractivity (Wildman–Crippen MR) is 200 cm³/mol. The van der Waals surface area contributed by atoms with E-state index in [4.69, 9.17) is 10.2 Å². The number of ether oxygens (including phenoxy) is 1. The van der Waals surface area contributed by atoms with E-state index in [0.717, 1.165) is 51.4 Å². The molecule has 51 heavy (non-hydrogen) atoms. The quantitative estimate of drug-likeness (QED) is 0.102. The number of para-hydroxylation sites is 3. The molecular formula is C44H39N5OPt-2. The Hall–Kier alpha value is -5.06. The molecule has 7 heteroatoms. The average Bonchev–Trinajstić information content (AvgIpc) is 3.73. The largest absolute Gasteiger partial charge is 0.522 e. The zero-order chi connectivity index (χ0) is 37.8. The van der Waals surface area contributed by atoms with Crippen LogP contribution in [-0.2, 0) is 27.4 Å². The van der Waals surface area contributed by atoms with Crippen molar-refractivity contribution in [2.24, 2.45) is 5.89 Å². The molecule has 0 bridgehead atoms. The molecule has 0 aliphatic heterocycles. The molecule has 0 unspecified atom stereocenters. The summed E-state index contributed by atoms with van der Waals surface area (Å²) in [5, 5.41) is 1.94. The minimum Gasteiger partial charge on any atom is -0.522 e. The van der Waals surface area contributed by atoms with Crippen LogP contribution in [0.5, 0.6) is 11.5 Å². The van der Waals surface area contributed by atoms with Gasteiger partial charge in [-0.25, -0.2) is 4.98 Å². The summed E-state index contributed by atoms with van der Waals surface area (Å²) in [6.07, 6.45) is 6.27. The van der Waals surface area contributed by atoms with Crippen LogP contribution in [0.2, 0.25) is 0 Å². The van der Waals surface area contributed by atoms with Crippen molar-refractivity contribution in [1.82, 2.24) is 19.1 Å². The Labute approximate surface area is 319 Å². The van der Waals surface area contributed by atoms with Gasteiger partial charge >= 0.3 is 0 Å². The van der Waals surface area contributed by atoms with Crippen LogP contribution in [0.25, 0.3) is 50.2 Å². The second kappa shape index (κ2) is 14.7. The standard InChI is InChI=1S/C44H39N5O.Pt/c1-5-32(6-2)33-12-11-13-34(26-33)47-29-48(41-17-10-9-16-40(41)47)43-28-36(21-23-45-43)50-35-18-19-38-37-14-7-8-15-39(37)49(42(38)27-35)44-25-31(20-22-46-44)24-30(3)4;/h7-23,25-26,30,32H,5-6,24H2,1-4H3;/q-2;/i24D2,30D,32D;. The summed E-state index contributed by atoms with van der Waals surface area (Å²) >= 11 is 0. The molecule has 0 aliphatic rings. The van der Waals surface area contributed by atoms with E-state index in [1.165, 1.54) is 0 Å². The summed E-state index contributed by atoms with van der Waals surface area (Å²) in [4.78, 5) is 9.31. The Morgan fingerprint density at radius 1 is 0.804 bits per heavy atom. The number of imidazole rings is 1. The normalized spacial score (nSPS) is 13.4. The van der Waals surface area contributed by atoms with Crippen molar-refractivity contribution >= 4 is 32.8 Å². The molecule has 0 spiro atoms. The second-order valence-electron chi connectivity index (χ2n) is 12.4. The number of pyridine rings is 2. The smallest absolute Gasteiger partial charge is 0.269 e. The fourth-order valence-corrected chi connectivity index (χ4v) is 6.66. The summed E-state index contributed by atoms with van der Waals surface area (Å²) in [5.41, 5.74) is 5.68. The molecule has 4 aromatic heterocycles. The minimum atomic E-state index is -1.92. The molecule has 8 aromatic rings. The fraction of sp³-hybridized carbons (Fsp3) is 0.205. The monoisotopic (exact) mass is 852 g/mol. The van der Waals surface area contributed by atoms with Gasteiger partial charge in [-0.2, -0.15) is 18.2 Å². The third kappa shape index (κ3) is 6.61. The van der Waals surface area contributed by atoms with Gasteiger partial charge < -0.3 is 9.30 Å². The van der Waals surface area contributed by atoms with Gasteiger partial charge in [-0.1, -0.05) is 94.0 Å². The van der Waals surface area contributed by atoms with Crippen LogP contribution in [0, 0.1) is 24.4 Å². The fourth-order valence-electron chi connectivity index (χ4n) is 6.66. The first-order chi connectivity index (χ1) is 25.9. The van der Waals surface area contributed by atoms with E-state index in [9.17, 15) is 0 Å². The minimum absolute atomic E-state index is 0. The Morgan fingerprint density at radius 3 is 2.39 bits per heavy atom. The zero-order valence-electron chi connectivity index (χ0n) is 32.8. The van der Waals surface area contributed by atoms with Crippen molar-refractivity contribution < 1.29 is 35.9 Å². The van der Waals surface area contributed by atoms with Gasteiger partial charge in [0, 0.05) is 44.0 Å². The summed E-state index contributed by atoms with van der Waals surface area (Å²) in [6.45, 7) is 7.26. The molecule has 8 rings (SSSR count). The molecule has 0 amide bonds. The molecule has 258 valence electrons. The van der Waals surface area contributed by atoms with Gasteiger partial charge in [0.05, 0.1) is 22.5 Å². The maximum atomic E-state index is 9.04. The molecule has 0 aliphatic carbocycles. The summed E-state index contributed by atoms with van der Waals surface area (Å²) in [6, 6.07) is 39.9. The van der Waals surface area contributed by atoms with Crippen molar-refractivity contribution in [3.05, 3.63) is 145 Å². The molecule has 0 fully saturated rings. The molecule has 0 saturated heterocycles. The average molecular weight is 853 g/mol. The Bertz CT molecular complexity index is 2680. The van der Waals surface area contributed by atoms with Crippen LogP contribution in [0.1, 0.15) is 63.0 Å². The van der Waals surface area contributed by atoms with Gasteiger partial charge in [-0.05, 0) is 83.6 Å². The first-order valence-electron chi connectivity index (χ1n) is 19.0. The molecule has 0 saturated carbocycles. The molecular weight excluding hydrogens is 810 g/mol. The molecule has 0 atom stereocenters. The van der Waals surface area contributed by atoms with Gasteiger partial charge in [0.15, 0.2) is 0 Å². The van der Waals surface area contributed by atoms with Gasteiger partial charge in [0.25, 0.3) is 6.33 Å². The third-order valence-electron chi connectivity index (χ3n) is 8.94. The third-order valence-corrected chi connectivity index (χ3v) is 8.94. The van der Waals surface area contributed by atoms with E-state index in [-0.39, 0.29) is 21.1 Å². The number of fused-ring (bicyclic) bond motifs is 4. The van der Waals surface area contributed by atoms with Crippen molar-refractivity contribution in [3.8, 4) is 28.8 Å². The van der Waals surface area contributed by atoms with Gasteiger partial charge in [0.1, 0.15) is 5.82 Å². The Kier molecular flexibility index (Phi) is 8.52. The molecule has 0 N–H and O–H groups in total. The molecule has 4 heterocycles. The Morgan fingerprint density at radius 2 is 1.57 bits per heavy atom. The molecule has 4 aromatic carbocycles. The summed E-state index contributed by atoms with van der Waals surface area (Å²) in [7, 11) is 0. The van der Waals surface area contributed by atoms with Crippen LogP contribution in [0.4, 0.5) is 0 Å². The predicted octanol–water partition coefficient (Wildman–Crippen LogP) is 10.1. The van der Waals surface area contributed by atoms with E-state index in [1.54, 1.807) is 44.4 Å². The van der Waals surface area contributed by atoms with Crippen molar-refractivity contribution in [1.29, 1.82) is 0 Å². The van der Waals surface area contributed by atoms with E-state index < -0.39 is 18.2 Å². The first kappa shape index (κ1) is 29.6. The number of benzene rings is 4. The van der Waals surface area contributed by atoms with Crippen LogP contribution < -0.4 is 9.30 Å². The SMILES string of the molecule is [2H]C(CC)(CC)c1cccc(-[n+]2[c-]n(-c3[c-]c(Oc4[c-]c5c(cc4)c4ccccc4n5-c4cc(C([2H])([2H])C([2H])(C)C)ccn4)ccn3)c3ccccc32)c1.[Pt]. The van der Waals surface area contributed by atoms with Crippen LogP contribution in [-0.4, -0.2) is 19.1 Å². The van der Waals surface area contributed by atoms with E-state index >= 15 is 0 Å². The first-order valence-corrected chi connectivity index (χ1v) is 17.0. The van der Waals surface area contributed by atoms with Crippen molar-refractivity contribution in [2.45, 2.75) is 52.8 Å². The maximum Gasteiger partial charge on any atom is 0.269 e. The molecule has 6 nitrogen and oxygen atoms in total. The number of rotatable bonds is 10. The second-order valence-corrected chi connectivity index (χ2v) is 12.4. The van der Waals surface area contributed by atoms with Gasteiger partial charge in [-0.15, -0.1) is 17.5 Å². The van der Waals surface area contributed by atoms with Crippen LogP contribution in [0.3, 0.4) is 0 Å². The van der Waals surface area contributed by atoms with Gasteiger partial charge in [0.2, 0.25) is 0 Å². The van der Waals surface area contributed by atoms with Crippen molar-refractivity contribution in [2.75, 3.05) is 0 Å². The van der Waals surface area contributed by atoms with Crippen molar-refractivity contribution in [3.63, 3.8) is 0 Å². The number of aromatic nitrogens is 5. The topological polar surface area (TPSA) is 48.8 Å².